The average Bonchev–Trinajstić information content (AvgIpc) is 2.85. The molecule has 35 heavy (non-hydrogen) atoms. The molecule has 2 saturated heterocycles. The van der Waals surface area contributed by atoms with Crippen LogP contribution in [0.15, 0.2) is 60.9 Å². The van der Waals surface area contributed by atoms with Gasteiger partial charge in [0.15, 0.2) is 0 Å². The lowest BCUT2D eigenvalue weighted by Gasteiger charge is -2.39. The SMILES string of the molecule is O=C(Nc1ccc(C2CCN(C(=O)c3ccccc3F)CC2)cc1F)C1CN(c2ccnnc2)C1. The van der Waals surface area contributed by atoms with Gasteiger partial charge in [-0.05, 0) is 54.7 Å². The molecule has 0 unspecified atom stereocenters. The minimum Gasteiger partial charge on any atom is -0.368 e. The van der Waals surface area contributed by atoms with Crippen LogP contribution >= 0.6 is 0 Å². The summed E-state index contributed by atoms with van der Waals surface area (Å²) < 4.78 is 28.8. The zero-order valence-electron chi connectivity index (χ0n) is 19.0. The molecule has 0 atom stereocenters. The molecule has 0 spiro atoms. The van der Waals surface area contributed by atoms with Crippen LogP contribution in [0, 0.1) is 17.6 Å². The topological polar surface area (TPSA) is 78.4 Å². The molecule has 0 bridgehead atoms. The second kappa shape index (κ2) is 9.77. The molecular weight excluding hydrogens is 452 g/mol. The molecule has 3 heterocycles. The van der Waals surface area contributed by atoms with E-state index in [-0.39, 0.29) is 34.9 Å². The maximum atomic E-state index is 14.8. The van der Waals surface area contributed by atoms with Gasteiger partial charge in [-0.3, -0.25) is 9.59 Å². The Balaban J connectivity index is 1.15. The van der Waals surface area contributed by atoms with Crippen molar-refractivity contribution in [2.24, 2.45) is 5.92 Å². The number of hydrogen-bond donors (Lipinski definition) is 1. The third-order valence-electron chi connectivity index (χ3n) is 6.79. The van der Waals surface area contributed by atoms with E-state index in [1.165, 1.54) is 18.2 Å². The molecule has 0 aliphatic carbocycles. The number of carbonyl (C=O) groups excluding carboxylic acids is 2. The van der Waals surface area contributed by atoms with Gasteiger partial charge < -0.3 is 15.1 Å². The van der Waals surface area contributed by atoms with Crippen molar-refractivity contribution in [1.29, 1.82) is 0 Å². The minimum absolute atomic E-state index is 0.0733. The van der Waals surface area contributed by atoms with Crippen LogP contribution in [0.2, 0.25) is 0 Å². The first-order valence-corrected chi connectivity index (χ1v) is 11.7. The molecule has 1 N–H and O–H groups in total. The zero-order chi connectivity index (χ0) is 24.4. The van der Waals surface area contributed by atoms with Crippen LogP contribution in [0.25, 0.3) is 0 Å². The van der Waals surface area contributed by atoms with Crippen molar-refractivity contribution in [3.8, 4) is 0 Å². The summed E-state index contributed by atoms with van der Waals surface area (Å²) in [7, 11) is 0. The first kappa shape index (κ1) is 22.9. The van der Waals surface area contributed by atoms with Crippen LogP contribution in [0.4, 0.5) is 20.2 Å². The predicted octanol–water partition coefficient (Wildman–Crippen LogP) is 3.85. The maximum absolute atomic E-state index is 14.8. The second-order valence-corrected chi connectivity index (χ2v) is 8.98. The quantitative estimate of drug-likeness (QED) is 0.604. The van der Waals surface area contributed by atoms with E-state index in [9.17, 15) is 18.4 Å². The van der Waals surface area contributed by atoms with Gasteiger partial charge in [0.05, 0.1) is 35.2 Å². The lowest BCUT2D eigenvalue weighted by atomic mass is 9.89. The van der Waals surface area contributed by atoms with Crippen molar-refractivity contribution < 1.29 is 18.4 Å². The number of nitrogens with one attached hydrogen (secondary N) is 1. The number of carbonyl (C=O) groups is 2. The number of benzene rings is 2. The van der Waals surface area contributed by atoms with E-state index in [4.69, 9.17) is 0 Å². The minimum atomic E-state index is -0.525. The summed E-state index contributed by atoms with van der Waals surface area (Å²) in [6.07, 6.45) is 4.57. The second-order valence-electron chi connectivity index (χ2n) is 8.98. The maximum Gasteiger partial charge on any atom is 0.256 e. The molecule has 2 aromatic carbocycles. The Morgan fingerprint density at radius 1 is 0.943 bits per heavy atom. The van der Waals surface area contributed by atoms with Crippen LogP contribution in [0.1, 0.15) is 34.7 Å². The van der Waals surface area contributed by atoms with Crippen molar-refractivity contribution in [2.75, 3.05) is 36.4 Å². The molecule has 9 heteroatoms. The summed E-state index contributed by atoms with van der Waals surface area (Å²) in [4.78, 5) is 28.8. The number of amides is 2. The van der Waals surface area contributed by atoms with Crippen LogP contribution in [-0.4, -0.2) is 53.1 Å². The highest BCUT2D eigenvalue weighted by Crippen LogP contribution is 2.31. The molecule has 7 nitrogen and oxygen atoms in total. The summed E-state index contributed by atoms with van der Waals surface area (Å²) in [5.41, 5.74) is 1.97. The summed E-state index contributed by atoms with van der Waals surface area (Å²) in [5.74, 6) is -1.67. The first-order valence-electron chi connectivity index (χ1n) is 11.7. The highest BCUT2D eigenvalue weighted by Gasteiger charge is 2.33. The van der Waals surface area contributed by atoms with Gasteiger partial charge in [0.2, 0.25) is 5.91 Å². The smallest absolute Gasteiger partial charge is 0.256 e. The van der Waals surface area contributed by atoms with Crippen LogP contribution in [-0.2, 0) is 4.79 Å². The van der Waals surface area contributed by atoms with E-state index in [2.05, 4.69) is 15.5 Å². The Labute approximate surface area is 201 Å². The summed E-state index contributed by atoms with van der Waals surface area (Å²) in [6, 6.07) is 12.7. The van der Waals surface area contributed by atoms with E-state index in [1.54, 1.807) is 35.5 Å². The van der Waals surface area contributed by atoms with E-state index in [1.807, 2.05) is 17.0 Å². The average molecular weight is 478 g/mol. The Morgan fingerprint density at radius 3 is 2.40 bits per heavy atom. The number of nitrogens with zero attached hydrogens (tertiary/aromatic N) is 4. The number of aromatic nitrogens is 2. The molecule has 2 amide bonds. The van der Waals surface area contributed by atoms with Crippen molar-refractivity contribution in [3.63, 3.8) is 0 Å². The molecular formula is C26H25F2N5O2. The van der Waals surface area contributed by atoms with Crippen molar-refractivity contribution in [1.82, 2.24) is 15.1 Å². The van der Waals surface area contributed by atoms with Crippen LogP contribution in [0.5, 0.6) is 0 Å². The standard InChI is InChI=1S/C26H25F2N5O2/c27-22-4-2-1-3-21(22)26(35)32-11-8-17(9-12-32)18-5-6-24(23(28)13-18)31-25(34)19-15-33(16-19)20-7-10-29-30-14-20/h1-7,10,13-14,17,19H,8-9,11-12,15-16H2,(H,31,34). The zero-order valence-corrected chi connectivity index (χ0v) is 19.0. The van der Waals surface area contributed by atoms with E-state index in [0.29, 0.717) is 39.0 Å². The van der Waals surface area contributed by atoms with Crippen molar-refractivity contribution >= 4 is 23.2 Å². The molecule has 5 rings (SSSR count). The largest absolute Gasteiger partial charge is 0.368 e. The van der Waals surface area contributed by atoms with E-state index in [0.717, 1.165) is 11.3 Å². The summed E-state index contributed by atoms with van der Waals surface area (Å²) in [5, 5.41) is 10.3. The number of anilines is 2. The molecule has 2 fully saturated rings. The van der Waals surface area contributed by atoms with Crippen LogP contribution in [0.3, 0.4) is 0 Å². The Morgan fingerprint density at radius 2 is 1.71 bits per heavy atom. The van der Waals surface area contributed by atoms with Gasteiger partial charge in [-0.1, -0.05) is 18.2 Å². The third-order valence-corrected chi connectivity index (χ3v) is 6.79. The van der Waals surface area contributed by atoms with Gasteiger partial charge >= 0.3 is 0 Å². The lowest BCUT2D eigenvalue weighted by Crippen LogP contribution is -2.52. The molecule has 2 aliphatic rings. The first-order chi connectivity index (χ1) is 17.0. The van der Waals surface area contributed by atoms with Gasteiger partial charge in [0.25, 0.3) is 5.91 Å². The normalized spacial score (nSPS) is 16.6. The number of likely N-dealkylation sites (tertiary alicyclic amines) is 1. The molecule has 0 saturated carbocycles. The molecule has 0 radical (unpaired) electrons. The van der Waals surface area contributed by atoms with Gasteiger partial charge in [-0.15, -0.1) is 0 Å². The fourth-order valence-corrected chi connectivity index (χ4v) is 4.67. The van der Waals surface area contributed by atoms with Crippen LogP contribution < -0.4 is 10.2 Å². The van der Waals surface area contributed by atoms with Gasteiger partial charge in [0.1, 0.15) is 11.6 Å². The molecule has 2 aliphatic heterocycles. The summed E-state index contributed by atoms with van der Waals surface area (Å²) >= 11 is 0. The molecule has 3 aromatic rings. The number of rotatable bonds is 5. The van der Waals surface area contributed by atoms with E-state index >= 15 is 0 Å². The van der Waals surface area contributed by atoms with Crippen molar-refractivity contribution in [3.05, 3.63) is 83.7 Å². The highest BCUT2D eigenvalue weighted by atomic mass is 19.1. The predicted molar refractivity (Wildman–Crippen MR) is 127 cm³/mol. The number of piperidine rings is 1. The Kier molecular flexibility index (Phi) is 6.39. The Bertz CT molecular complexity index is 1230. The van der Waals surface area contributed by atoms with Crippen molar-refractivity contribution in [2.45, 2.75) is 18.8 Å². The number of halogens is 2. The Hall–Kier alpha value is -3.88. The third kappa shape index (κ3) is 4.84. The fourth-order valence-electron chi connectivity index (χ4n) is 4.67. The van der Waals surface area contributed by atoms with Gasteiger partial charge in [-0.25, -0.2) is 8.78 Å². The lowest BCUT2D eigenvalue weighted by molar-refractivity contribution is -0.120. The highest BCUT2D eigenvalue weighted by molar-refractivity contribution is 5.95. The monoisotopic (exact) mass is 477 g/mol. The summed E-state index contributed by atoms with van der Waals surface area (Å²) in [6.45, 7) is 2.04. The van der Waals surface area contributed by atoms with E-state index < -0.39 is 11.6 Å². The van der Waals surface area contributed by atoms with Gasteiger partial charge in [-0.2, -0.15) is 10.2 Å². The van der Waals surface area contributed by atoms with Gasteiger partial charge in [0, 0.05) is 26.2 Å². The molecule has 180 valence electrons. The molecule has 1 aromatic heterocycles. The number of hydrogen-bond acceptors (Lipinski definition) is 5. The fraction of sp³-hybridized carbons (Fsp3) is 0.308.